The van der Waals surface area contributed by atoms with Gasteiger partial charge in [-0.1, -0.05) is 81.8 Å². The van der Waals surface area contributed by atoms with Crippen molar-refractivity contribution >= 4 is 24.3 Å². The molecule has 0 saturated carbocycles. The number of nitrogens with one attached hydrogen (secondary N) is 1. The summed E-state index contributed by atoms with van der Waals surface area (Å²) in [5.74, 6) is -2.19. The second kappa shape index (κ2) is 16.6. The zero-order chi connectivity index (χ0) is 32.9. The Morgan fingerprint density at radius 2 is 1.72 bits per heavy atom. The number of hydrogen-bond acceptors (Lipinski definition) is 11. The van der Waals surface area contributed by atoms with Crippen LogP contribution in [0, 0.1) is 5.92 Å². The van der Waals surface area contributed by atoms with Gasteiger partial charge < -0.3 is 19.1 Å². The molecule has 13 nitrogen and oxygen atoms in total. The second-order valence-corrected chi connectivity index (χ2v) is 10.8. The standard InChI is InChI=1S/C33H36N6O7/c1-4-5-12-28(41)39(19-23-13-15-25(16-14-23)26-10-6-7-11-27(26)30-35-37-38-36-30)29(22(2)3)31(42)46-33(45-21-40)32(43)44-20-24-9-8-17-34-18-24/h6-11,13-18,21-22,29,33H,4-5,12,19-20H2,1-3H3,(H,35,36,37,38)/t29-,33?/m0/s1. The molecular formula is C33H36N6O7. The van der Waals surface area contributed by atoms with E-state index in [2.05, 4.69) is 25.6 Å². The first-order valence-corrected chi connectivity index (χ1v) is 14.9. The molecule has 240 valence electrons. The van der Waals surface area contributed by atoms with E-state index in [-0.39, 0.29) is 32.0 Å². The molecular weight excluding hydrogens is 592 g/mol. The lowest BCUT2D eigenvalue weighted by atomic mass is 9.97. The average Bonchev–Trinajstić information content (AvgIpc) is 3.61. The highest BCUT2D eigenvalue weighted by Gasteiger charge is 2.37. The summed E-state index contributed by atoms with van der Waals surface area (Å²) in [5.41, 5.74) is 3.94. The zero-order valence-corrected chi connectivity index (χ0v) is 25.9. The number of pyridine rings is 1. The Kier molecular flexibility index (Phi) is 12.0. The third-order valence-electron chi connectivity index (χ3n) is 7.10. The molecule has 0 aliphatic heterocycles. The van der Waals surface area contributed by atoms with Crippen molar-refractivity contribution in [2.24, 2.45) is 5.92 Å². The highest BCUT2D eigenvalue weighted by Crippen LogP contribution is 2.30. The number of carbonyl (C=O) groups is 4. The Morgan fingerprint density at radius 1 is 0.957 bits per heavy atom. The van der Waals surface area contributed by atoms with Crippen molar-refractivity contribution in [1.82, 2.24) is 30.5 Å². The predicted octanol–water partition coefficient (Wildman–Crippen LogP) is 4.26. The summed E-state index contributed by atoms with van der Waals surface area (Å²) in [5, 5.41) is 14.3. The van der Waals surface area contributed by atoms with E-state index in [1.54, 1.807) is 32.2 Å². The summed E-state index contributed by atoms with van der Waals surface area (Å²) < 4.78 is 15.3. The monoisotopic (exact) mass is 628 g/mol. The van der Waals surface area contributed by atoms with Crippen LogP contribution in [0.4, 0.5) is 0 Å². The van der Waals surface area contributed by atoms with Crippen LogP contribution < -0.4 is 0 Å². The minimum absolute atomic E-state index is 0.00375. The van der Waals surface area contributed by atoms with Crippen molar-refractivity contribution in [3.8, 4) is 22.5 Å². The number of benzene rings is 2. The van der Waals surface area contributed by atoms with Gasteiger partial charge in [0.25, 0.3) is 6.47 Å². The maximum absolute atomic E-state index is 13.6. The Labute approximate surface area is 266 Å². The van der Waals surface area contributed by atoms with Gasteiger partial charge >= 0.3 is 18.2 Å². The van der Waals surface area contributed by atoms with Crippen molar-refractivity contribution in [2.75, 3.05) is 0 Å². The van der Waals surface area contributed by atoms with E-state index in [0.717, 1.165) is 28.7 Å². The van der Waals surface area contributed by atoms with E-state index >= 15 is 0 Å². The predicted molar refractivity (Wildman–Crippen MR) is 165 cm³/mol. The SMILES string of the molecule is CCCCC(=O)N(Cc1ccc(-c2ccccc2-c2nn[nH]n2)cc1)[C@H](C(=O)OC(OC=O)C(=O)OCc1cccnc1)C(C)C. The fourth-order valence-electron chi connectivity index (χ4n) is 4.83. The minimum atomic E-state index is -1.95. The summed E-state index contributed by atoms with van der Waals surface area (Å²) in [6, 6.07) is 17.5. The molecule has 46 heavy (non-hydrogen) atoms. The van der Waals surface area contributed by atoms with E-state index in [4.69, 9.17) is 14.2 Å². The van der Waals surface area contributed by atoms with Crippen molar-refractivity contribution in [3.63, 3.8) is 0 Å². The number of aromatic amines is 1. The van der Waals surface area contributed by atoms with Gasteiger partial charge in [-0.25, -0.2) is 9.59 Å². The molecule has 0 saturated heterocycles. The molecule has 4 aromatic rings. The van der Waals surface area contributed by atoms with E-state index < -0.39 is 30.2 Å². The van der Waals surface area contributed by atoms with Crippen LogP contribution in [0.25, 0.3) is 22.5 Å². The maximum atomic E-state index is 13.6. The molecule has 0 aliphatic carbocycles. The number of ether oxygens (including phenoxy) is 3. The fraction of sp³-hybridized carbons (Fsp3) is 0.333. The van der Waals surface area contributed by atoms with Gasteiger partial charge in [0.2, 0.25) is 11.7 Å². The van der Waals surface area contributed by atoms with Gasteiger partial charge in [0.1, 0.15) is 12.6 Å². The summed E-state index contributed by atoms with van der Waals surface area (Å²) in [4.78, 5) is 56.4. The highest BCUT2D eigenvalue weighted by molar-refractivity contribution is 5.87. The number of esters is 2. The van der Waals surface area contributed by atoms with E-state index in [1.165, 1.54) is 11.1 Å². The summed E-state index contributed by atoms with van der Waals surface area (Å²) in [6.07, 6.45) is 2.74. The quantitative estimate of drug-likeness (QED) is 0.107. The van der Waals surface area contributed by atoms with Crippen molar-refractivity contribution < 1.29 is 33.4 Å². The molecule has 2 atom stereocenters. The van der Waals surface area contributed by atoms with E-state index in [1.807, 2.05) is 55.5 Å². The van der Waals surface area contributed by atoms with Crippen LogP contribution in [-0.2, 0) is 46.5 Å². The van der Waals surface area contributed by atoms with Crippen LogP contribution in [0.2, 0.25) is 0 Å². The number of unbranched alkanes of at least 4 members (excludes halogenated alkanes) is 1. The third-order valence-corrected chi connectivity index (χ3v) is 7.10. The van der Waals surface area contributed by atoms with Gasteiger partial charge in [0.05, 0.1) is 0 Å². The summed E-state index contributed by atoms with van der Waals surface area (Å²) >= 11 is 0. The van der Waals surface area contributed by atoms with E-state index in [0.29, 0.717) is 17.8 Å². The molecule has 1 unspecified atom stereocenters. The fourth-order valence-corrected chi connectivity index (χ4v) is 4.83. The molecule has 0 aliphatic rings. The van der Waals surface area contributed by atoms with Crippen LogP contribution >= 0.6 is 0 Å². The van der Waals surface area contributed by atoms with Gasteiger partial charge in [-0.2, -0.15) is 5.21 Å². The number of rotatable bonds is 16. The number of hydrogen-bond donors (Lipinski definition) is 1. The van der Waals surface area contributed by atoms with Gasteiger partial charge in [0.15, 0.2) is 0 Å². The summed E-state index contributed by atoms with van der Waals surface area (Å²) in [7, 11) is 0. The number of nitrogens with zero attached hydrogens (tertiary/aromatic N) is 5. The first kappa shape index (κ1) is 33.4. The molecule has 13 heteroatoms. The molecule has 4 rings (SSSR count). The molecule has 1 N–H and O–H groups in total. The van der Waals surface area contributed by atoms with Crippen LogP contribution in [-0.4, -0.2) is 67.2 Å². The Hall–Kier alpha value is -5.46. The number of aromatic nitrogens is 5. The summed E-state index contributed by atoms with van der Waals surface area (Å²) in [6.45, 7) is 5.41. The van der Waals surface area contributed by atoms with Crippen molar-refractivity contribution in [2.45, 2.75) is 65.5 Å². The van der Waals surface area contributed by atoms with Gasteiger partial charge in [-0.3, -0.25) is 14.6 Å². The number of carbonyl (C=O) groups excluding carboxylic acids is 4. The normalized spacial score (nSPS) is 12.2. The lowest BCUT2D eigenvalue weighted by molar-refractivity contribution is -0.203. The Balaban J connectivity index is 1.54. The lowest BCUT2D eigenvalue weighted by Crippen LogP contribution is -2.50. The second-order valence-electron chi connectivity index (χ2n) is 10.8. The van der Waals surface area contributed by atoms with Crippen LogP contribution in [0.15, 0.2) is 73.1 Å². The zero-order valence-electron chi connectivity index (χ0n) is 25.9. The Bertz CT molecular complexity index is 1580. The van der Waals surface area contributed by atoms with Crippen molar-refractivity contribution in [1.29, 1.82) is 0 Å². The average molecular weight is 629 g/mol. The van der Waals surface area contributed by atoms with Crippen LogP contribution in [0.1, 0.15) is 51.2 Å². The molecule has 0 radical (unpaired) electrons. The van der Waals surface area contributed by atoms with Gasteiger partial charge in [0, 0.05) is 36.5 Å². The molecule has 0 spiro atoms. The molecule has 2 aromatic heterocycles. The third kappa shape index (κ3) is 8.80. The van der Waals surface area contributed by atoms with Crippen molar-refractivity contribution in [3.05, 3.63) is 84.2 Å². The van der Waals surface area contributed by atoms with E-state index in [9.17, 15) is 19.2 Å². The van der Waals surface area contributed by atoms with Gasteiger partial charge in [-0.05, 0) is 40.3 Å². The number of amides is 1. The van der Waals surface area contributed by atoms with Crippen LogP contribution in [0.5, 0.6) is 0 Å². The Morgan fingerprint density at radius 3 is 2.35 bits per heavy atom. The molecule has 2 heterocycles. The number of tetrazole rings is 1. The lowest BCUT2D eigenvalue weighted by Gasteiger charge is -2.33. The minimum Gasteiger partial charge on any atom is -0.455 e. The smallest absolute Gasteiger partial charge is 0.390 e. The highest BCUT2D eigenvalue weighted by atomic mass is 16.7. The molecule has 0 fully saturated rings. The number of H-pyrrole nitrogens is 1. The largest absolute Gasteiger partial charge is 0.455 e. The molecule has 2 aromatic carbocycles. The topological polar surface area (TPSA) is 167 Å². The first-order valence-electron chi connectivity index (χ1n) is 14.9. The van der Waals surface area contributed by atoms with Gasteiger partial charge in [-0.15, -0.1) is 10.2 Å². The van der Waals surface area contributed by atoms with Crippen LogP contribution in [0.3, 0.4) is 0 Å². The maximum Gasteiger partial charge on any atom is 0.390 e. The first-order chi connectivity index (χ1) is 22.3. The molecule has 1 amide bonds. The molecule has 0 bridgehead atoms.